The lowest BCUT2D eigenvalue weighted by Crippen LogP contribution is -2.44. The molecule has 1 amide bonds. The second kappa shape index (κ2) is 5.94. The summed E-state index contributed by atoms with van der Waals surface area (Å²) >= 11 is 1.61. The van der Waals surface area contributed by atoms with Crippen molar-refractivity contribution in [3.63, 3.8) is 0 Å². The van der Waals surface area contributed by atoms with Gasteiger partial charge in [-0.2, -0.15) is 0 Å². The van der Waals surface area contributed by atoms with Crippen molar-refractivity contribution in [2.24, 2.45) is 0 Å². The maximum Gasteiger partial charge on any atom is 0.258 e. The van der Waals surface area contributed by atoms with Crippen molar-refractivity contribution < 1.29 is 9.21 Å². The van der Waals surface area contributed by atoms with Crippen molar-refractivity contribution in [2.75, 3.05) is 5.32 Å². The van der Waals surface area contributed by atoms with E-state index >= 15 is 0 Å². The molecule has 4 aromatic rings. The first-order valence-electron chi connectivity index (χ1n) is 9.42. The SMILES string of the molecule is O=C1c2ccccc2NC(c2ccc(-c3nc4ccccc4s3)o2)N1C1CC1. The summed E-state index contributed by atoms with van der Waals surface area (Å²) in [6.07, 6.45) is 1.78. The van der Waals surface area contributed by atoms with Crippen LogP contribution in [0.5, 0.6) is 0 Å². The molecule has 1 N–H and O–H groups in total. The Balaban J connectivity index is 1.40. The number of amides is 1. The Morgan fingerprint density at radius 2 is 1.86 bits per heavy atom. The number of benzene rings is 2. The van der Waals surface area contributed by atoms with Gasteiger partial charge in [0.2, 0.25) is 0 Å². The average molecular weight is 387 g/mol. The molecule has 0 saturated heterocycles. The van der Waals surface area contributed by atoms with Gasteiger partial charge in [0, 0.05) is 11.7 Å². The number of nitrogens with one attached hydrogen (secondary N) is 1. The van der Waals surface area contributed by atoms with E-state index in [9.17, 15) is 4.79 Å². The normalized spacial score (nSPS) is 18.9. The van der Waals surface area contributed by atoms with Crippen LogP contribution in [0.15, 0.2) is 65.1 Å². The molecular weight excluding hydrogens is 370 g/mol. The smallest absolute Gasteiger partial charge is 0.258 e. The van der Waals surface area contributed by atoms with Gasteiger partial charge in [-0.05, 0) is 49.2 Å². The first-order chi connectivity index (χ1) is 13.8. The van der Waals surface area contributed by atoms with E-state index < -0.39 is 0 Å². The number of hydrogen-bond donors (Lipinski definition) is 1. The first kappa shape index (κ1) is 15.9. The standard InChI is InChI=1S/C22H17N3O2S/c26-22-14-5-1-2-6-15(14)23-20(25(22)13-9-10-13)17-11-12-18(27-17)21-24-16-7-3-4-8-19(16)28-21/h1-8,11-13,20,23H,9-10H2. The van der Waals surface area contributed by atoms with Gasteiger partial charge in [-0.15, -0.1) is 11.3 Å². The van der Waals surface area contributed by atoms with Gasteiger partial charge in [0.05, 0.1) is 15.8 Å². The Hall–Kier alpha value is -3.12. The number of thiazole rings is 1. The average Bonchev–Trinajstić information content (AvgIpc) is 3.27. The van der Waals surface area contributed by atoms with Crippen molar-refractivity contribution >= 4 is 33.1 Å². The molecule has 138 valence electrons. The highest BCUT2D eigenvalue weighted by Crippen LogP contribution is 2.42. The van der Waals surface area contributed by atoms with Crippen LogP contribution in [0.2, 0.25) is 0 Å². The lowest BCUT2D eigenvalue weighted by atomic mass is 10.1. The molecule has 28 heavy (non-hydrogen) atoms. The zero-order chi connectivity index (χ0) is 18.7. The van der Waals surface area contributed by atoms with E-state index in [4.69, 9.17) is 4.42 Å². The van der Waals surface area contributed by atoms with E-state index in [2.05, 4.69) is 16.4 Å². The number of carbonyl (C=O) groups is 1. The summed E-state index contributed by atoms with van der Waals surface area (Å²) in [5.74, 6) is 1.55. The minimum absolute atomic E-state index is 0.0692. The van der Waals surface area contributed by atoms with Crippen LogP contribution in [-0.4, -0.2) is 21.8 Å². The van der Waals surface area contributed by atoms with Gasteiger partial charge in [-0.3, -0.25) is 4.79 Å². The molecule has 1 saturated carbocycles. The summed E-state index contributed by atoms with van der Waals surface area (Å²) in [7, 11) is 0. The molecular formula is C22H17N3O2S. The number of hydrogen-bond acceptors (Lipinski definition) is 5. The Labute approximate surface area is 165 Å². The fraction of sp³-hybridized carbons (Fsp3) is 0.182. The molecule has 2 aliphatic rings. The molecule has 3 heterocycles. The van der Waals surface area contributed by atoms with Gasteiger partial charge in [-0.25, -0.2) is 4.98 Å². The predicted molar refractivity (Wildman–Crippen MR) is 109 cm³/mol. The van der Waals surface area contributed by atoms with Crippen molar-refractivity contribution in [1.29, 1.82) is 0 Å². The second-order valence-corrected chi connectivity index (χ2v) is 8.26. The number of fused-ring (bicyclic) bond motifs is 2. The summed E-state index contributed by atoms with van der Waals surface area (Å²) in [5, 5.41) is 4.36. The van der Waals surface area contributed by atoms with Gasteiger partial charge in [-0.1, -0.05) is 24.3 Å². The number of furan rings is 1. The molecule has 6 heteroatoms. The largest absolute Gasteiger partial charge is 0.454 e. The zero-order valence-corrected chi connectivity index (χ0v) is 15.8. The number of para-hydroxylation sites is 2. The molecule has 1 unspecified atom stereocenters. The topological polar surface area (TPSA) is 58.4 Å². The number of anilines is 1. The fourth-order valence-electron chi connectivity index (χ4n) is 3.80. The van der Waals surface area contributed by atoms with Crippen molar-refractivity contribution in [2.45, 2.75) is 25.0 Å². The lowest BCUT2D eigenvalue weighted by Gasteiger charge is -2.36. The molecule has 1 fully saturated rings. The third-order valence-corrected chi connectivity index (χ3v) is 6.35. The van der Waals surface area contributed by atoms with Gasteiger partial charge in [0.15, 0.2) is 16.9 Å². The summed E-state index contributed by atoms with van der Waals surface area (Å²) in [6, 6.07) is 19.9. The molecule has 5 nitrogen and oxygen atoms in total. The number of carbonyl (C=O) groups excluding carboxylic acids is 1. The van der Waals surface area contributed by atoms with Crippen molar-refractivity contribution in [3.8, 4) is 10.8 Å². The molecule has 0 spiro atoms. The summed E-state index contributed by atoms with van der Waals surface area (Å²) in [5.41, 5.74) is 2.55. The zero-order valence-electron chi connectivity index (χ0n) is 15.0. The predicted octanol–water partition coefficient (Wildman–Crippen LogP) is 5.29. The molecule has 0 radical (unpaired) electrons. The van der Waals surface area contributed by atoms with E-state index in [1.54, 1.807) is 11.3 Å². The van der Waals surface area contributed by atoms with Crippen LogP contribution in [-0.2, 0) is 0 Å². The van der Waals surface area contributed by atoms with Crippen LogP contribution >= 0.6 is 11.3 Å². The Morgan fingerprint density at radius 1 is 1.04 bits per heavy atom. The third-order valence-electron chi connectivity index (χ3n) is 5.30. The second-order valence-electron chi connectivity index (χ2n) is 7.22. The highest BCUT2D eigenvalue weighted by Gasteiger charge is 2.43. The molecule has 6 rings (SSSR count). The summed E-state index contributed by atoms with van der Waals surface area (Å²) in [6.45, 7) is 0. The van der Waals surface area contributed by atoms with Gasteiger partial charge < -0.3 is 14.6 Å². The molecule has 0 bridgehead atoms. The van der Waals surface area contributed by atoms with Gasteiger partial charge in [0.25, 0.3) is 5.91 Å². The van der Waals surface area contributed by atoms with Crippen LogP contribution in [0.3, 0.4) is 0 Å². The monoisotopic (exact) mass is 387 g/mol. The van der Waals surface area contributed by atoms with Crippen LogP contribution in [0, 0.1) is 0 Å². The number of rotatable bonds is 3. The molecule has 1 aliphatic heterocycles. The maximum atomic E-state index is 13.1. The van der Waals surface area contributed by atoms with Crippen LogP contribution in [0.4, 0.5) is 5.69 Å². The lowest BCUT2D eigenvalue weighted by molar-refractivity contribution is 0.0646. The highest BCUT2D eigenvalue weighted by atomic mass is 32.1. The maximum absolute atomic E-state index is 13.1. The minimum atomic E-state index is -0.293. The van der Waals surface area contributed by atoms with E-state index in [1.165, 1.54) is 0 Å². The van der Waals surface area contributed by atoms with Crippen molar-refractivity contribution in [1.82, 2.24) is 9.88 Å². The highest BCUT2D eigenvalue weighted by molar-refractivity contribution is 7.21. The van der Waals surface area contributed by atoms with Gasteiger partial charge >= 0.3 is 0 Å². The Morgan fingerprint density at radius 3 is 2.71 bits per heavy atom. The summed E-state index contributed by atoms with van der Waals surface area (Å²) in [4.78, 5) is 19.7. The number of nitrogens with zero attached hydrogens (tertiary/aromatic N) is 2. The molecule has 1 atom stereocenters. The summed E-state index contributed by atoms with van der Waals surface area (Å²) < 4.78 is 7.34. The van der Waals surface area contributed by atoms with Gasteiger partial charge in [0.1, 0.15) is 5.76 Å². The number of aromatic nitrogens is 1. The van der Waals surface area contributed by atoms with E-state index in [0.29, 0.717) is 0 Å². The van der Waals surface area contributed by atoms with E-state index in [-0.39, 0.29) is 18.1 Å². The Bertz CT molecular complexity index is 1170. The quantitative estimate of drug-likeness (QED) is 0.519. The fourth-order valence-corrected chi connectivity index (χ4v) is 4.73. The molecule has 2 aromatic heterocycles. The van der Waals surface area contributed by atoms with Crippen LogP contribution in [0.25, 0.3) is 21.0 Å². The first-order valence-corrected chi connectivity index (χ1v) is 10.2. The Kier molecular flexibility index (Phi) is 3.37. The third kappa shape index (κ3) is 2.45. The molecule has 1 aliphatic carbocycles. The minimum Gasteiger partial charge on any atom is -0.454 e. The molecule has 2 aromatic carbocycles. The van der Waals surface area contributed by atoms with E-state index in [0.717, 1.165) is 50.8 Å². The van der Waals surface area contributed by atoms with Crippen LogP contribution in [0.1, 0.15) is 35.1 Å². The van der Waals surface area contributed by atoms with Crippen molar-refractivity contribution in [3.05, 3.63) is 72.0 Å². The van der Waals surface area contributed by atoms with E-state index in [1.807, 2.05) is 59.5 Å². The van der Waals surface area contributed by atoms with Crippen LogP contribution < -0.4 is 5.32 Å².